The number of isothiocyanates is 1. The number of ether oxygens (including phenoxy) is 2. The molecule has 4 aromatic carbocycles. The van der Waals surface area contributed by atoms with E-state index in [1.807, 2.05) is 66.8 Å². The summed E-state index contributed by atoms with van der Waals surface area (Å²) in [7, 11) is 3.62. The molecule has 6 N–H and O–H groups in total. The van der Waals surface area contributed by atoms with Gasteiger partial charge >= 0.3 is 0 Å². The number of amides is 2. The molecule has 3 heterocycles. The first-order valence-electron chi connectivity index (χ1n) is 26.0. The molecule has 0 spiro atoms. The van der Waals surface area contributed by atoms with Crippen LogP contribution in [0.15, 0.2) is 102 Å². The predicted octanol–water partition coefficient (Wildman–Crippen LogP) is 15.5. The van der Waals surface area contributed by atoms with E-state index < -0.39 is 23.3 Å². The lowest BCUT2D eigenvalue weighted by molar-refractivity contribution is -0.118. The van der Waals surface area contributed by atoms with E-state index in [2.05, 4.69) is 82.2 Å². The summed E-state index contributed by atoms with van der Waals surface area (Å²) >= 11 is 4.36. The number of nitrogen functional groups attached to an aromatic ring is 1. The highest BCUT2D eigenvalue weighted by molar-refractivity contribution is 7.78. The molecule has 444 valence electrons. The molecule has 16 nitrogen and oxygen atoms in total. The molecule has 0 unspecified atom stereocenters. The number of nitrogens with one attached hydrogen (secondary N) is 4. The zero-order valence-electron chi connectivity index (χ0n) is 46.3. The van der Waals surface area contributed by atoms with Gasteiger partial charge in [0.15, 0.2) is 5.82 Å². The van der Waals surface area contributed by atoms with Gasteiger partial charge in [0.2, 0.25) is 17.8 Å². The summed E-state index contributed by atoms with van der Waals surface area (Å²) in [5.74, 6) is 0.612. The van der Waals surface area contributed by atoms with Crippen LogP contribution in [0.4, 0.5) is 57.9 Å². The van der Waals surface area contributed by atoms with Gasteiger partial charge in [-0.3, -0.25) is 19.4 Å². The summed E-state index contributed by atoms with van der Waals surface area (Å²) < 4.78 is 68.5. The Labute approximate surface area is 487 Å². The van der Waals surface area contributed by atoms with Gasteiger partial charge in [0.1, 0.15) is 57.8 Å². The van der Waals surface area contributed by atoms with Gasteiger partial charge in [-0.2, -0.15) is 4.99 Å². The third kappa shape index (κ3) is 20.5. The molecule has 3 aromatic heterocycles. The highest BCUT2D eigenvalue weighted by Crippen LogP contribution is 2.33. The van der Waals surface area contributed by atoms with E-state index in [0.717, 1.165) is 62.4 Å². The van der Waals surface area contributed by atoms with Crippen LogP contribution in [-0.2, 0) is 16.6 Å². The lowest BCUT2D eigenvalue weighted by atomic mass is 10.0. The minimum atomic E-state index is -0.718. The molecule has 7 rings (SSSR count). The second kappa shape index (κ2) is 34.3. The number of thiocarbonyl (C=S) groups is 1. The normalized spacial score (nSPS) is 10.5. The fraction of sp³-hybridized carbons (Fsp3) is 0.377. The van der Waals surface area contributed by atoms with Crippen LogP contribution in [0, 0.1) is 23.3 Å². The Balaban J connectivity index is 0.000000461. The van der Waals surface area contributed by atoms with Crippen LogP contribution < -0.4 is 36.5 Å². The number of rotatable bonds is 22. The summed E-state index contributed by atoms with van der Waals surface area (Å²) in [6.45, 7) is 19.6. The van der Waals surface area contributed by atoms with Crippen LogP contribution in [0.5, 0.6) is 23.0 Å². The van der Waals surface area contributed by atoms with Crippen LogP contribution >= 0.6 is 12.2 Å². The van der Waals surface area contributed by atoms with E-state index in [1.54, 1.807) is 66.5 Å². The maximum absolute atomic E-state index is 14.5. The van der Waals surface area contributed by atoms with Gasteiger partial charge in [-0.1, -0.05) is 77.7 Å². The molecule has 82 heavy (non-hydrogen) atoms. The molecular weight excluding hydrogens is 1070 g/mol. The standard InChI is InChI=1S/C29H34F2N6O2.C19H27N5O2.C10H9F2NS.3CH4/c1-6-12-37(7-2)17-28(38)35-27-14-20(10-11-32-27)39-19-8-9-26-25(13-19)34-29(36(26)5)33-24-15-21(18(3)4)22(30)16-23(24)31;1-4-10-24(5-2)13-19(25)23-18-12-15(8-9-22-18)26-14-6-7-17(21-3)16(20)11-14;1-6(2)7-3-10(13-5-14)9(12)4-8(7)11;;;/h8-11,13-16,18H,6-7,12,17H2,1-5H3,(H,33,34)(H,32,35,38);6-9,11-12,21H,4-5,10,13,20H2,1-3H3,(H,22,23,25);3-4,6H,1-2H3;3*1H4. The number of fused-ring (bicyclic) bond motifs is 1. The second-order valence-electron chi connectivity index (χ2n) is 18.8. The quantitative estimate of drug-likeness (QED) is 0.0187. The van der Waals surface area contributed by atoms with Crippen LogP contribution in [0.3, 0.4) is 0 Å². The number of aromatic nitrogens is 4. The van der Waals surface area contributed by atoms with Crippen molar-refractivity contribution in [1.29, 1.82) is 0 Å². The van der Waals surface area contributed by atoms with E-state index in [9.17, 15) is 27.2 Å². The first kappa shape index (κ1) is 70.1. The molecular formula is C61H82F4N12O4S. The van der Waals surface area contributed by atoms with Crippen LogP contribution in [0.25, 0.3) is 11.0 Å². The Hall–Kier alpha value is -7.97. The molecule has 0 aliphatic carbocycles. The number of likely N-dealkylation sites (N-methyl/N-ethyl adjacent to an activating group) is 2. The number of aryl methyl sites for hydroxylation is 1. The number of imidazole rings is 1. The maximum Gasteiger partial charge on any atom is 0.239 e. The van der Waals surface area contributed by atoms with Crippen molar-refractivity contribution >= 4 is 80.6 Å². The molecule has 0 bridgehead atoms. The molecule has 0 radical (unpaired) electrons. The number of nitrogens with zero attached hydrogens (tertiary/aromatic N) is 7. The van der Waals surface area contributed by atoms with E-state index in [-0.39, 0.29) is 57.3 Å². The summed E-state index contributed by atoms with van der Waals surface area (Å²) in [4.78, 5) is 45.3. The Morgan fingerprint density at radius 3 is 1.63 bits per heavy atom. The van der Waals surface area contributed by atoms with E-state index in [1.165, 1.54) is 12.1 Å². The molecule has 7 aromatic rings. The Bertz CT molecular complexity index is 3230. The van der Waals surface area contributed by atoms with Gasteiger partial charge in [-0.25, -0.2) is 32.5 Å². The number of halogens is 4. The van der Waals surface area contributed by atoms with Gasteiger partial charge < -0.3 is 41.0 Å². The second-order valence-corrected chi connectivity index (χ2v) is 18.9. The minimum absolute atomic E-state index is 0. The number of pyridine rings is 2. The monoisotopic (exact) mass is 1150 g/mol. The first-order chi connectivity index (χ1) is 37.8. The molecule has 0 aliphatic heterocycles. The average molecular weight is 1160 g/mol. The molecule has 21 heteroatoms. The van der Waals surface area contributed by atoms with Gasteiger partial charge in [0, 0.05) is 62.9 Å². The summed E-state index contributed by atoms with van der Waals surface area (Å²) in [6, 6.07) is 22.2. The third-order valence-electron chi connectivity index (χ3n) is 12.1. The van der Waals surface area contributed by atoms with Crippen molar-refractivity contribution in [3.63, 3.8) is 0 Å². The number of benzene rings is 4. The van der Waals surface area contributed by atoms with Crippen molar-refractivity contribution in [1.82, 2.24) is 29.3 Å². The fourth-order valence-corrected chi connectivity index (χ4v) is 8.10. The number of hydrogen-bond donors (Lipinski definition) is 5. The van der Waals surface area contributed by atoms with Crippen LogP contribution in [0.2, 0.25) is 0 Å². The van der Waals surface area contributed by atoms with Crippen molar-refractivity contribution in [2.45, 2.75) is 102 Å². The number of nitrogens with two attached hydrogens (primary N) is 1. The van der Waals surface area contributed by atoms with Crippen molar-refractivity contribution in [3.05, 3.63) is 132 Å². The Morgan fingerprint density at radius 1 is 0.671 bits per heavy atom. The minimum Gasteiger partial charge on any atom is -0.457 e. The van der Waals surface area contributed by atoms with E-state index in [0.29, 0.717) is 76.0 Å². The van der Waals surface area contributed by atoms with Crippen molar-refractivity contribution < 1.29 is 36.6 Å². The smallest absolute Gasteiger partial charge is 0.239 e. The Morgan fingerprint density at radius 2 is 1.16 bits per heavy atom. The molecule has 0 fully saturated rings. The maximum atomic E-state index is 14.5. The largest absolute Gasteiger partial charge is 0.457 e. The number of anilines is 6. The fourth-order valence-electron chi connectivity index (χ4n) is 8.00. The SMILES string of the molecule is C.C.C.CC(C)c1cc(N=C=S)c(F)cc1F.CCCN(CC)CC(=O)Nc1cc(Oc2ccc(NC)c(N)c2)ccn1.CCCN(CC)CC(=O)Nc1cc(Oc2ccc3c(c2)nc(Nc2cc(C(C)C)c(F)cc2F)n3C)ccn1. The lowest BCUT2D eigenvalue weighted by Crippen LogP contribution is -2.33. The molecule has 0 aliphatic rings. The summed E-state index contributed by atoms with van der Waals surface area (Å²) in [6.07, 6.45) is 5.15. The Kier molecular flexibility index (Phi) is 29.4. The first-order valence-corrected chi connectivity index (χ1v) is 26.4. The zero-order chi connectivity index (χ0) is 57.8. The topological polar surface area (TPSA) is 189 Å². The highest BCUT2D eigenvalue weighted by atomic mass is 32.1. The van der Waals surface area contributed by atoms with Gasteiger partial charge in [-0.15, -0.1) is 0 Å². The van der Waals surface area contributed by atoms with Crippen molar-refractivity contribution in [2.24, 2.45) is 12.0 Å². The molecule has 0 saturated heterocycles. The predicted molar refractivity (Wildman–Crippen MR) is 331 cm³/mol. The number of carbonyl (C=O) groups is 2. The van der Waals surface area contributed by atoms with Crippen LogP contribution in [0.1, 0.15) is 113 Å². The zero-order valence-corrected chi connectivity index (χ0v) is 47.1. The van der Waals surface area contributed by atoms with E-state index in [4.69, 9.17) is 15.2 Å². The van der Waals surface area contributed by atoms with Crippen LogP contribution in [-0.4, -0.2) is 92.6 Å². The summed E-state index contributed by atoms with van der Waals surface area (Å²) in [5.41, 5.74) is 9.85. The summed E-state index contributed by atoms with van der Waals surface area (Å²) in [5, 5.41) is 13.7. The molecule has 2 amide bonds. The van der Waals surface area contributed by atoms with Gasteiger partial charge in [-0.05, 0) is 123 Å². The highest BCUT2D eigenvalue weighted by Gasteiger charge is 2.18. The van der Waals surface area contributed by atoms with Crippen molar-refractivity contribution in [3.8, 4) is 23.0 Å². The van der Waals surface area contributed by atoms with E-state index >= 15 is 0 Å². The number of carbonyl (C=O) groups excluding carboxylic acids is 2. The third-order valence-corrected chi connectivity index (χ3v) is 12.2. The van der Waals surface area contributed by atoms with Gasteiger partial charge in [0.05, 0.1) is 46.3 Å². The van der Waals surface area contributed by atoms with Gasteiger partial charge in [0.25, 0.3) is 0 Å². The number of hydrogen-bond acceptors (Lipinski definition) is 14. The molecule has 0 atom stereocenters. The number of aliphatic imine (C=N–C) groups is 1. The molecule has 0 saturated carbocycles. The average Bonchev–Trinajstić information content (AvgIpc) is 3.92. The lowest BCUT2D eigenvalue weighted by Gasteiger charge is -2.18. The van der Waals surface area contributed by atoms with Crippen molar-refractivity contribution in [2.75, 3.05) is 73.3 Å².